The third-order valence-corrected chi connectivity index (χ3v) is 5.63. The molecule has 2 aromatic rings. The molecule has 1 aromatic carbocycles. The molecule has 1 amide bonds. The van der Waals surface area contributed by atoms with Crippen molar-refractivity contribution < 1.29 is 13.2 Å². The van der Waals surface area contributed by atoms with Crippen LogP contribution >= 0.6 is 11.3 Å². The van der Waals surface area contributed by atoms with Gasteiger partial charge >= 0.3 is 0 Å². The molecule has 8 heteroatoms. The van der Waals surface area contributed by atoms with Gasteiger partial charge in [0.15, 0.2) is 15.0 Å². The first-order chi connectivity index (χ1) is 11.2. The molecular weight excluding hydrogens is 346 g/mol. The van der Waals surface area contributed by atoms with Crippen LogP contribution in [0, 0.1) is 0 Å². The van der Waals surface area contributed by atoms with Gasteiger partial charge in [-0.2, -0.15) is 0 Å². The van der Waals surface area contributed by atoms with E-state index >= 15 is 0 Å². The van der Waals surface area contributed by atoms with Gasteiger partial charge in [-0.25, -0.2) is 13.4 Å². The Kier molecular flexibility index (Phi) is 5.74. The Bertz CT molecular complexity index is 813. The standard InChI is InChI=1S/C16H21N3O3S2/c1-11(13-5-7-15(8-6-13)24(4,21)22)19(3)9-14-10-23-16(18-14)17-12(2)20/h5-8,10-11H,9H2,1-4H3,(H,17,18,20). The summed E-state index contributed by atoms with van der Waals surface area (Å²) in [6.07, 6.45) is 1.20. The van der Waals surface area contributed by atoms with Crippen molar-refractivity contribution in [2.24, 2.45) is 0 Å². The topological polar surface area (TPSA) is 79.4 Å². The number of thiazole rings is 1. The fourth-order valence-electron chi connectivity index (χ4n) is 2.23. The zero-order valence-corrected chi connectivity index (χ0v) is 15.7. The maximum absolute atomic E-state index is 11.5. The van der Waals surface area contributed by atoms with Crippen LogP contribution in [0.15, 0.2) is 34.5 Å². The predicted octanol–water partition coefficient (Wildman–Crippen LogP) is 2.70. The van der Waals surface area contributed by atoms with Crippen molar-refractivity contribution in [1.82, 2.24) is 9.88 Å². The van der Waals surface area contributed by atoms with Crippen LogP contribution in [0.25, 0.3) is 0 Å². The zero-order chi connectivity index (χ0) is 17.9. The Hall–Kier alpha value is -1.77. The number of anilines is 1. The molecule has 0 saturated carbocycles. The molecule has 1 aromatic heterocycles. The highest BCUT2D eigenvalue weighted by atomic mass is 32.2. The van der Waals surface area contributed by atoms with Gasteiger partial charge in [0.1, 0.15) is 0 Å². The monoisotopic (exact) mass is 367 g/mol. The highest BCUT2D eigenvalue weighted by Crippen LogP contribution is 2.23. The van der Waals surface area contributed by atoms with E-state index in [1.54, 1.807) is 12.1 Å². The lowest BCUT2D eigenvalue weighted by molar-refractivity contribution is -0.114. The van der Waals surface area contributed by atoms with Gasteiger partial charge in [-0.05, 0) is 31.7 Å². The highest BCUT2D eigenvalue weighted by Gasteiger charge is 2.15. The van der Waals surface area contributed by atoms with E-state index < -0.39 is 9.84 Å². The maximum Gasteiger partial charge on any atom is 0.223 e. The van der Waals surface area contributed by atoms with E-state index in [-0.39, 0.29) is 11.9 Å². The Morgan fingerprint density at radius 2 is 1.96 bits per heavy atom. The number of carbonyl (C=O) groups is 1. The van der Waals surface area contributed by atoms with Crippen molar-refractivity contribution in [3.05, 3.63) is 40.9 Å². The predicted molar refractivity (Wildman–Crippen MR) is 95.9 cm³/mol. The van der Waals surface area contributed by atoms with Crippen molar-refractivity contribution in [3.63, 3.8) is 0 Å². The number of hydrogen-bond donors (Lipinski definition) is 1. The molecule has 0 aliphatic carbocycles. The van der Waals surface area contributed by atoms with E-state index in [1.165, 1.54) is 24.5 Å². The molecule has 1 N–H and O–H groups in total. The summed E-state index contributed by atoms with van der Waals surface area (Å²) < 4.78 is 23.0. The molecular formula is C16H21N3O3S2. The van der Waals surface area contributed by atoms with Crippen molar-refractivity contribution >= 4 is 32.2 Å². The lowest BCUT2D eigenvalue weighted by Crippen LogP contribution is -2.22. The van der Waals surface area contributed by atoms with Crippen molar-refractivity contribution in [3.8, 4) is 0 Å². The van der Waals surface area contributed by atoms with Gasteiger partial charge in [0.05, 0.1) is 10.6 Å². The van der Waals surface area contributed by atoms with E-state index in [9.17, 15) is 13.2 Å². The second kappa shape index (κ2) is 7.42. The van der Waals surface area contributed by atoms with Crippen LogP contribution in [-0.4, -0.2) is 37.5 Å². The number of sulfone groups is 1. The number of nitrogens with zero attached hydrogens (tertiary/aromatic N) is 2. The van der Waals surface area contributed by atoms with Crippen molar-refractivity contribution in [2.45, 2.75) is 31.3 Å². The third kappa shape index (κ3) is 4.86. The number of amides is 1. The molecule has 0 saturated heterocycles. The second-order valence-electron chi connectivity index (χ2n) is 5.76. The van der Waals surface area contributed by atoms with Crippen LogP contribution in [0.4, 0.5) is 5.13 Å². The Labute approximate surface area is 146 Å². The summed E-state index contributed by atoms with van der Waals surface area (Å²) in [5, 5.41) is 5.18. The molecule has 1 heterocycles. The highest BCUT2D eigenvalue weighted by molar-refractivity contribution is 7.90. The quantitative estimate of drug-likeness (QED) is 0.849. The molecule has 0 spiro atoms. The maximum atomic E-state index is 11.5. The van der Waals surface area contributed by atoms with Crippen LogP contribution in [0.3, 0.4) is 0 Å². The summed E-state index contributed by atoms with van der Waals surface area (Å²) in [7, 11) is -1.20. The first-order valence-electron chi connectivity index (χ1n) is 7.39. The van der Waals surface area contributed by atoms with Gasteiger partial charge in [0.25, 0.3) is 0 Å². The van der Waals surface area contributed by atoms with E-state index in [2.05, 4.69) is 22.1 Å². The Morgan fingerprint density at radius 3 is 2.50 bits per heavy atom. The number of nitrogens with one attached hydrogen (secondary N) is 1. The Balaban J connectivity index is 2.05. The summed E-state index contributed by atoms with van der Waals surface area (Å²) in [5.74, 6) is -0.136. The largest absolute Gasteiger partial charge is 0.302 e. The van der Waals surface area contributed by atoms with Gasteiger partial charge in [-0.1, -0.05) is 12.1 Å². The van der Waals surface area contributed by atoms with Crippen LogP contribution in [0.5, 0.6) is 0 Å². The molecule has 0 aliphatic heterocycles. The molecule has 0 aliphatic rings. The van der Waals surface area contributed by atoms with E-state index in [0.717, 1.165) is 11.3 Å². The molecule has 130 valence electrons. The molecule has 6 nitrogen and oxygen atoms in total. The normalized spacial score (nSPS) is 13.0. The number of hydrogen-bond acceptors (Lipinski definition) is 6. The van der Waals surface area contributed by atoms with Crippen molar-refractivity contribution in [1.29, 1.82) is 0 Å². The fraction of sp³-hybridized carbons (Fsp3) is 0.375. The average Bonchev–Trinajstić information content (AvgIpc) is 2.92. The molecule has 1 atom stereocenters. The summed E-state index contributed by atoms with van der Waals surface area (Å²) in [5.41, 5.74) is 1.91. The summed E-state index contributed by atoms with van der Waals surface area (Å²) >= 11 is 1.40. The minimum Gasteiger partial charge on any atom is -0.302 e. The van der Waals surface area contributed by atoms with Crippen LogP contribution in [0.1, 0.15) is 31.1 Å². The fourth-order valence-corrected chi connectivity index (χ4v) is 3.61. The average molecular weight is 367 g/mol. The molecule has 1 unspecified atom stereocenters. The van der Waals surface area contributed by atoms with Crippen LogP contribution in [-0.2, 0) is 21.2 Å². The Morgan fingerprint density at radius 1 is 1.33 bits per heavy atom. The summed E-state index contributed by atoms with van der Waals surface area (Å²) in [6.45, 7) is 4.14. The van der Waals surface area contributed by atoms with Gasteiger partial charge in [0.2, 0.25) is 5.91 Å². The lowest BCUT2D eigenvalue weighted by atomic mass is 10.1. The lowest BCUT2D eigenvalue weighted by Gasteiger charge is -2.24. The van der Waals surface area contributed by atoms with Gasteiger partial charge < -0.3 is 5.32 Å². The van der Waals surface area contributed by atoms with Crippen LogP contribution < -0.4 is 5.32 Å². The molecule has 0 bridgehead atoms. The number of rotatable bonds is 6. The molecule has 24 heavy (non-hydrogen) atoms. The van der Waals surface area contributed by atoms with E-state index in [1.807, 2.05) is 24.6 Å². The van der Waals surface area contributed by atoms with Gasteiger partial charge in [-0.15, -0.1) is 11.3 Å². The second-order valence-corrected chi connectivity index (χ2v) is 8.63. The number of carbonyl (C=O) groups excluding carboxylic acids is 1. The van der Waals surface area contributed by atoms with Crippen LogP contribution in [0.2, 0.25) is 0 Å². The molecule has 2 rings (SSSR count). The van der Waals surface area contributed by atoms with E-state index in [4.69, 9.17) is 0 Å². The zero-order valence-electron chi connectivity index (χ0n) is 14.1. The summed E-state index contributed by atoms with van der Waals surface area (Å²) in [6, 6.07) is 7.03. The smallest absolute Gasteiger partial charge is 0.223 e. The molecule has 0 fully saturated rings. The molecule has 0 radical (unpaired) electrons. The SMILES string of the molecule is CC(=O)Nc1nc(CN(C)C(C)c2ccc(S(C)(=O)=O)cc2)cs1. The third-order valence-electron chi connectivity index (χ3n) is 3.70. The first-order valence-corrected chi connectivity index (χ1v) is 10.2. The van der Waals surface area contributed by atoms with E-state index in [0.29, 0.717) is 16.6 Å². The minimum absolute atomic E-state index is 0.101. The first kappa shape index (κ1) is 18.6. The minimum atomic E-state index is -3.18. The number of aromatic nitrogens is 1. The van der Waals surface area contributed by atoms with Gasteiger partial charge in [-0.3, -0.25) is 9.69 Å². The van der Waals surface area contributed by atoms with Gasteiger partial charge in [0, 0.05) is 31.1 Å². The van der Waals surface area contributed by atoms with Crippen molar-refractivity contribution in [2.75, 3.05) is 18.6 Å². The summed E-state index contributed by atoms with van der Waals surface area (Å²) in [4.78, 5) is 17.8. The number of benzene rings is 1.